The van der Waals surface area contributed by atoms with E-state index in [-0.39, 0.29) is 0 Å². The zero-order valence-electron chi connectivity index (χ0n) is 12.3. The fourth-order valence-corrected chi connectivity index (χ4v) is 3.20. The van der Waals surface area contributed by atoms with Crippen LogP contribution in [-0.4, -0.2) is 23.3 Å². The molecule has 0 bridgehead atoms. The molecule has 0 aliphatic carbocycles. The van der Waals surface area contributed by atoms with Gasteiger partial charge in [-0.3, -0.25) is 0 Å². The fourth-order valence-electron chi connectivity index (χ4n) is 1.87. The van der Waals surface area contributed by atoms with Gasteiger partial charge in [0.05, 0.1) is 5.03 Å². The normalized spacial score (nSPS) is 13.0. The largest absolute Gasteiger partial charge is 0.313 e. The zero-order valence-corrected chi connectivity index (χ0v) is 13.1. The van der Waals surface area contributed by atoms with E-state index in [0.29, 0.717) is 12.0 Å². The zero-order chi connectivity index (χ0) is 13.5. The lowest BCUT2D eigenvalue weighted by Crippen LogP contribution is -2.36. The molecular weight excluding hydrogens is 240 g/mol. The maximum atomic E-state index is 4.58. The van der Waals surface area contributed by atoms with Crippen molar-refractivity contribution in [3.8, 4) is 0 Å². The van der Waals surface area contributed by atoms with E-state index in [1.54, 1.807) is 0 Å². The highest BCUT2D eigenvalue weighted by Crippen LogP contribution is 2.20. The predicted molar refractivity (Wildman–Crippen MR) is 81.4 cm³/mol. The highest BCUT2D eigenvalue weighted by Gasteiger charge is 2.13. The van der Waals surface area contributed by atoms with Gasteiger partial charge in [0, 0.05) is 17.5 Å². The van der Waals surface area contributed by atoms with Crippen molar-refractivity contribution in [2.24, 2.45) is 5.92 Å². The van der Waals surface area contributed by atoms with Crippen LogP contribution in [0.25, 0.3) is 0 Å². The lowest BCUT2D eigenvalue weighted by atomic mass is 10.1. The van der Waals surface area contributed by atoms with Crippen LogP contribution in [0.3, 0.4) is 0 Å². The summed E-state index contributed by atoms with van der Waals surface area (Å²) in [6.45, 7) is 12.1. The van der Waals surface area contributed by atoms with E-state index >= 15 is 0 Å². The molecule has 1 N–H and O–H groups in total. The number of pyridine rings is 1. The Hall–Kier alpha value is -0.540. The third-order valence-electron chi connectivity index (χ3n) is 2.95. The van der Waals surface area contributed by atoms with Gasteiger partial charge in [-0.2, -0.15) is 0 Å². The summed E-state index contributed by atoms with van der Waals surface area (Å²) in [5, 5.41) is 4.77. The molecule has 18 heavy (non-hydrogen) atoms. The second kappa shape index (κ2) is 7.80. The first-order chi connectivity index (χ1) is 8.52. The SMILES string of the molecule is CCCNC(CSc1cc(C)cc(C)n1)C(C)C. The lowest BCUT2D eigenvalue weighted by Gasteiger charge is -2.21. The molecule has 0 amide bonds. The van der Waals surface area contributed by atoms with Crippen molar-refractivity contribution < 1.29 is 0 Å². The third-order valence-corrected chi connectivity index (χ3v) is 3.98. The Balaban J connectivity index is 2.55. The Morgan fingerprint density at radius 1 is 1.28 bits per heavy atom. The quantitative estimate of drug-likeness (QED) is 0.760. The molecule has 0 aliphatic heterocycles. The van der Waals surface area contributed by atoms with Gasteiger partial charge in [0.1, 0.15) is 0 Å². The Labute approximate surface area is 116 Å². The second-order valence-corrected chi connectivity index (χ2v) is 6.28. The number of nitrogens with one attached hydrogen (secondary N) is 1. The smallest absolute Gasteiger partial charge is 0.0966 e. The number of aromatic nitrogens is 1. The van der Waals surface area contributed by atoms with Gasteiger partial charge >= 0.3 is 0 Å². The van der Waals surface area contributed by atoms with Crippen LogP contribution >= 0.6 is 11.8 Å². The van der Waals surface area contributed by atoms with Crippen LogP contribution in [0.4, 0.5) is 0 Å². The lowest BCUT2D eigenvalue weighted by molar-refractivity contribution is 0.434. The van der Waals surface area contributed by atoms with Gasteiger partial charge in [0.15, 0.2) is 0 Å². The maximum Gasteiger partial charge on any atom is 0.0966 e. The van der Waals surface area contributed by atoms with E-state index in [0.717, 1.165) is 23.0 Å². The minimum atomic E-state index is 0.567. The molecule has 3 heteroatoms. The summed E-state index contributed by atoms with van der Waals surface area (Å²) >= 11 is 1.86. The van der Waals surface area contributed by atoms with Gasteiger partial charge < -0.3 is 5.32 Å². The molecule has 0 spiro atoms. The van der Waals surface area contributed by atoms with E-state index in [1.165, 1.54) is 12.0 Å². The minimum Gasteiger partial charge on any atom is -0.313 e. The summed E-state index contributed by atoms with van der Waals surface area (Å²) in [6, 6.07) is 4.87. The summed E-state index contributed by atoms with van der Waals surface area (Å²) in [4.78, 5) is 4.58. The summed E-state index contributed by atoms with van der Waals surface area (Å²) < 4.78 is 0. The molecule has 1 rings (SSSR count). The molecule has 1 heterocycles. The van der Waals surface area contributed by atoms with Gasteiger partial charge in [-0.1, -0.05) is 20.8 Å². The van der Waals surface area contributed by atoms with Crippen LogP contribution in [0, 0.1) is 19.8 Å². The van der Waals surface area contributed by atoms with Gasteiger partial charge in [-0.05, 0) is 50.4 Å². The molecule has 0 aliphatic rings. The molecule has 1 aromatic rings. The molecule has 0 saturated heterocycles. The summed E-state index contributed by atoms with van der Waals surface area (Å²) in [7, 11) is 0. The van der Waals surface area contributed by atoms with Gasteiger partial charge in [0.25, 0.3) is 0 Å². The van der Waals surface area contributed by atoms with Crippen molar-refractivity contribution in [2.45, 2.75) is 52.1 Å². The van der Waals surface area contributed by atoms with Crippen molar-refractivity contribution in [3.63, 3.8) is 0 Å². The monoisotopic (exact) mass is 266 g/mol. The van der Waals surface area contributed by atoms with E-state index < -0.39 is 0 Å². The first-order valence-corrected chi connectivity index (χ1v) is 7.83. The van der Waals surface area contributed by atoms with Crippen LogP contribution in [0.15, 0.2) is 17.2 Å². The van der Waals surface area contributed by atoms with Crippen LogP contribution in [0.1, 0.15) is 38.4 Å². The van der Waals surface area contributed by atoms with Crippen molar-refractivity contribution in [1.82, 2.24) is 10.3 Å². The maximum absolute atomic E-state index is 4.58. The minimum absolute atomic E-state index is 0.567. The topological polar surface area (TPSA) is 24.9 Å². The molecule has 0 aromatic carbocycles. The van der Waals surface area contributed by atoms with Gasteiger partial charge in [-0.15, -0.1) is 11.8 Å². The Morgan fingerprint density at radius 3 is 2.56 bits per heavy atom. The van der Waals surface area contributed by atoms with Crippen LogP contribution in [0.5, 0.6) is 0 Å². The van der Waals surface area contributed by atoms with E-state index in [9.17, 15) is 0 Å². The standard InChI is InChI=1S/C15H26N2S/c1-6-7-16-14(11(2)3)10-18-15-9-12(4)8-13(5)17-15/h8-9,11,14,16H,6-7,10H2,1-5H3. The number of hydrogen-bond donors (Lipinski definition) is 1. The Kier molecular flexibility index (Phi) is 6.72. The van der Waals surface area contributed by atoms with Crippen LogP contribution < -0.4 is 5.32 Å². The van der Waals surface area contributed by atoms with Crippen molar-refractivity contribution in [1.29, 1.82) is 0 Å². The molecule has 0 fully saturated rings. The fraction of sp³-hybridized carbons (Fsp3) is 0.667. The molecule has 1 aromatic heterocycles. The Morgan fingerprint density at radius 2 is 2.00 bits per heavy atom. The molecule has 102 valence electrons. The number of hydrogen-bond acceptors (Lipinski definition) is 3. The summed E-state index contributed by atoms with van der Waals surface area (Å²) in [6.07, 6.45) is 1.19. The number of aryl methyl sites for hydroxylation is 2. The summed E-state index contributed by atoms with van der Waals surface area (Å²) in [5.41, 5.74) is 2.41. The average Bonchev–Trinajstić information content (AvgIpc) is 2.27. The van der Waals surface area contributed by atoms with Crippen molar-refractivity contribution in [2.75, 3.05) is 12.3 Å². The number of thioether (sulfide) groups is 1. The van der Waals surface area contributed by atoms with Crippen LogP contribution in [0.2, 0.25) is 0 Å². The second-order valence-electron chi connectivity index (χ2n) is 5.24. The van der Waals surface area contributed by atoms with Crippen molar-refractivity contribution >= 4 is 11.8 Å². The highest BCUT2D eigenvalue weighted by molar-refractivity contribution is 7.99. The first-order valence-electron chi connectivity index (χ1n) is 6.84. The molecular formula is C15H26N2S. The predicted octanol–water partition coefficient (Wildman–Crippen LogP) is 3.81. The highest BCUT2D eigenvalue weighted by atomic mass is 32.2. The molecule has 1 unspecified atom stereocenters. The average molecular weight is 266 g/mol. The van der Waals surface area contributed by atoms with Crippen LogP contribution in [-0.2, 0) is 0 Å². The van der Waals surface area contributed by atoms with E-state index in [1.807, 2.05) is 11.8 Å². The Bertz CT molecular complexity index is 343. The molecule has 2 nitrogen and oxygen atoms in total. The van der Waals surface area contributed by atoms with E-state index in [4.69, 9.17) is 0 Å². The third kappa shape index (κ3) is 5.40. The van der Waals surface area contributed by atoms with E-state index in [2.05, 4.69) is 57.1 Å². The molecule has 0 radical (unpaired) electrons. The first kappa shape index (κ1) is 15.5. The molecule has 0 saturated carbocycles. The summed E-state index contributed by atoms with van der Waals surface area (Å²) in [5.74, 6) is 1.75. The van der Waals surface area contributed by atoms with Crippen molar-refractivity contribution in [3.05, 3.63) is 23.4 Å². The molecule has 1 atom stereocenters. The number of nitrogens with zero attached hydrogens (tertiary/aromatic N) is 1. The van der Waals surface area contributed by atoms with Gasteiger partial charge in [0.2, 0.25) is 0 Å². The van der Waals surface area contributed by atoms with Gasteiger partial charge in [-0.25, -0.2) is 4.98 Å². The number of rotatable bonds is 7.